The van der Waals surface area contributed by atoms with E-state index in [1.54, 1.807) is 14.2 Å². The number of hydrogen-bond acceptors (Lipinski definition) is 3. The Balaban J connectivity index is 1.70. The first-order valence-corrected chi connectivity index (χ1v) is 10.7. The summed E-state index contributed by atoms with van der Waals surface area (Å²) in [6.07, 6.45) is 5.69. The molecule has 1 saturated heterocycles. The third-order valence-corrected chi connectivity index (χ3v) is 6.04. The van der Waals surface area contributed by atoms with Crippen molar-refractivity contribution in [2.75, 3.05) is 20.8 Å². The minimum Gasteiger partial charge on any atom is -0.497 e. The summed E-state index contributed by atoms with van der Waals surface area (Å²) in [4.78, 5) is 15.2. The zero-order valence-electron chi connectivity index (χ0n) is 16.6. The van der Waals surface area contributed by atoms with E-state index in [1.165, 1.54) is 12.0 Å². The van der Waals surface area contributed by atoms with Gasteiger partial charge in [-0.05, 0) is 70.6 Å². The van der Waals surface area contributed by atoms with E-state index in [0.29, 0.717) is 6.42 Å². The van der Waals surface area contributed by atoms with Crippen LogP contribution in [-0.4, -0.2) is 31.6 Å². The highest BCUT2D eigenvalue weighted by molar-refractivity contribution is 9.10. The molecule has 2 aromatic rings. The summed E-state index contributed by atoms with van der Waals surface area (Å²) in [5.74, 6) is 1.89. The van der Waals surface area contributed by atoms with Gasteiger partial charge in [0, 0.05) is 13.0 Å². The number of methoxy groups -OCH3 is 2. The zero-order valence-corrected chi connectivity index (χ0v) is 18.2. The number of ether oxygens (including phenoxy) is 2. The lowest BCUT2D eigenvalue weighted by Gasteiger charge is -2.31. The number of aryl methyl sites for hydroxylation is 1. The first-order valence-electron chi connectivity index (χ1n) is 9.88. The Hall–Kier alpha value is -2.01. The number of rotatable bonds is 6. The van der Waals surface area contributed by atoms with E-state index < -0.39 is 0 Å². The molecule has 1 aliphatic rings. The number of carbonyl (C=O) groups is 1. The Morgan fingerprint density at radius 3 is 2.54 bits per heavy atom. The van der Waals surface area contributed by atoms with E-state index in [-0.39, 0.29) is 11.9 Å². The molecule has 2 aromatic carbocycles. The van der Waals surface area contributed by atoms with Crippen molar-refractivity contribution in [2.24, 2.45) is 0 Å². The number of halogens is 1. The molecule has 1 amide bonds. The van der Waals surface area contributed by atoms with Gasteiger partial charge in [0.05, 0.1) is 24.7 Å². The lowest BCUT2D eigenvalue weighted by molar-refractivity contribution is -0.133. The van der Waals surface area contributed by atoms with Gasteiger partial charge in [-0.2, -0.15) is 0 Å². The van der Waals surface area contributed by atoms with Gasteiger partial charge in [-0.3, -0.25) is 4.79 Å². The number of carbonyl (C=O) groups excluding carboxylic acids is 1. The van der Waals surface area contributed by atoms with Crippen molar-refractivity contribution in [3.8, 4) is 11.5 Å². The first-order chi connectivity index (χ1) is 13.6. The largest absolute Gasteiger partial charge is 0.497 e. The minimum atomic E-state index is 0.156. The molecule has 0 spiro atoms. The van der Waals surface area contributed by atoms with Gasteiger partial charge in [0.2, 0.25) is 5.91 Å². The average Bonchev–Trinajstić information content (AvgIpc) is 2.98. The smallest absolute Gasteiger partial charge is 0.223 e. The second-order valence-electron chi connectivity index (χ2n) is 7.19. The summed E-state index contributed by atoms with van der Waals surface area (Å²) < 4.78 is 11.5. The predicted octanol–water partition coefficient (Wildman–Crippen LogP) is 5.54. The normalized spacial score (nSPS) is 17.1. The minimum absolute atomic E-state index is 0.156. The molecule has 1 atom stereocenters. The van der Waals surface area contributed by atoms with Crippen LogP contribution >= 0.6 is 15.9 Å². The van der Waals surface area contributed by atoms with Crippen molar-refractivity contribution >= 4 is 21.8 Å². The summed E-state index contributed by atoms with van der Waals surface area (Å²) in [5.41, 5.74) is 2.33. The molecule has 5 heteroatoms. The molecule has 0 N–H and O–H groups in total. The lowest BCUT2D eigenvalue weighted by Crippen LogP contribution is -2.35. The molecule has 0 bridgehead atoms. The van der Waals surface area contributed by atoms with Crippen LogP contribution in [0.15, 0.2) is 46.9 Å². The number of amides is 1. The van der Waals surface area contributed by atoms with Crippen LogP contribution in [0.5, 0.6) is 11.5 Å². The second-order valence-corrected chi connectivity index (χ2v) is 8.05. The highest BCUT2D eigenvalue weighted by Gasteiger charge is 2.26. The van der Waals surface area contributed by atoms with Crippen molar-refractivity contribution in [2.45, 2.75) is 44.6 Å². The number of hydrogen-bond donors (Lipinski definition) is 0. The highest BCUT2D eigenvalue weighted by atomic mass is 79.9. The van der Waals surface area contributed by atoms with E-state index in [2.05, 4.69) is 33.0 Å². The van der Waals surface area contributed by atoms with E-state index in [0.717, 1.165) is 53.8 Å². The van der Waals surface area contributed by atoms with Crippen LogP contribution in [0.1, 0.15) is 49.3 Å². The molecule has 0 unspecified atom stereocenters. The third kappa shape index (κ3) is 5.07. The standard InChI is InChI=1S/C23H28BrNO3/c1-27-19-11-9-18(10-12-19)21-6-4-3-5-15-25(21)23(26)14-8-17-7-13-22(28-2)20(24)16-17/h7,9-13,16,21H,3-6,8,14-15H2,1-2H3/t21-/m1/s1. The van der Waals surface area contributed by atoms with Gasteiger partial charge in [-0.15, -0.1) is 0 Å². The molecule has 1 fully saturated rings. The Morgan fingerprint density at radius 1 is 1.07 bits per heavy atom. The molecular weight excluding hydrogens is 418 g/mol. The topological polar surface area (TPSA) is 38.8 Å². The summed E-state index contributed by atoms with van der Waals surface area (Å²) in [6, 6.07) is 14.3. The van der Waals surface area contributed by atoms with E-state index in [9.17, 15) is 4.79 Å². The summed E-state index contributed by atoms with van der Waals surface area (Å²) in [7, 11) is 3.33. The van der Waals surface area contributed by atoms with Gasteiger partial charge >= 0.3 is 0 Å². The van der Waals surface area contributed by atoms with E-state index in [1.807, 2.05) is 30.3 Å². The maximum Gasteiger partial charge on any atom is 0.223 e. The summed E-state index contributed by atoms with van der Waals surface area (Å²) in [6.45, 7) is 0.835. The first kappa shape index (κ1) is 20.7. The Morgan fingerprint density at radius 2 is 1.86 bits per heavy atom. The van der Waals surface area contributed by atoms with Crippen LogP contribution in [0.2, 0.25) is 0 Å². The Kier molecular flexibility index (Phi) is 7.37. The van der Waals surface area contributed by atoms with Crippen molar-refractivity contribution in [1.29, 1.82) is 0 Å². The molecule has 1 aliphatic heterocycles. The fourth-order valence-electron chi connectivity index (χ4n) is 3.84. The van der Waals surface area contributed by atoms with E-state index >= 15 is 0 Å². The molecule has 0 radical (unpaired) electrons. The van der Waals surface area contributed by atoms with Crippen molar-refractivity contribution in [3.63, 3.8) is 0 Å². The quantitative estimate of drug-likeness (QED) is 0.585. The van der Waals surface area contributed by atoms with Gasteiger partial charge in [0.1, 0.15) is 11.5 Å². The zero-order chi connectivity index (χ0) is 19.9. The highest BCUT2D eigenvalue weighted by Crippen LogP contribution is 2.32. The molecule has 28 heavy (non-hydrogen) atoms. The molecule has 3 rings (SSSR count). The molecule has 1 heterocycles. The lowest BCUT2D eigenvalue weighted by atomic mass is 10.00. The van der Waals surface area contributed by atoms with Gasteiger partial charge in [-0.25, -0.2) is 0 Å². The van der Waals surface area contributed by atoms with Crippen LogP contribution in [0, 0.1) is 0 Å². The Labute approximate surface area is 176 Å². The number of likely N-dealkylation sites (tertiary alicyclic amines) is 1. The molecular formula is C23H28BrNO3. The van der Waals surface area contributed by atoms with Gasteiger partial charge in [-0.1, -0.05) is 31.0 Å². The van der Waals surface area contributed by atoms with E-state index in [4.69, 9.17) is 9.47 Å². The van der Waals surface area contributed by atoms with Crippen molar-refractivity contribution in [1.82, 2.24) is 4.90 Å². The second kappa shape index (κ2) is 9.97. The fourth-order valence-corrected chi connectivity index (χ4v) is 4.43. The van der Waals surface area contributed by atoms with Gasteiger partial charge in [0.25, 0.3) is 0 Å². The van der Waals surface area contributed by atoms with Crippen LogP contribution in [0.3, 0.4) is 0 Å². The van der Waals surface area contributed by atoms with Crippen LogP contribution in [-0.2, 0) is 11.2 Å². The maximum absolute atomic E-state index is 13.1. The van der Waals surface area contributed by atoms with Crippen LogP contribution in [0.25, 0.3) is 0 Å². The van der Waals surface area contributed by atoms with Crippen molar-refractivity contribution < 1.29 is 14.3 Å². The third-order valence-electron chi connectivity index (χ3n) is 5.42. The molecule has 0 aromatic heterocycles. The van der Waals surface area contributed by atoms with Crippen molar-refractivity contribution in [3.05, 3.63) is 58.1 Å². The SMILES string of the molecule is COc1ccc([C@H]2CCCCCN2C(=O)CCc2ccc(OC)c(Br)c2)cc1. The number of nitrogens with zero attached hydrogens (tertiary/aromatic N) is 1. The average molecular weight is 446 g/mol. The molecule has 4 nitrogen and oxygen atoms in total. The van der Waals surface area contributed by atoms with Gasteiger partial charge in [0.15, 0.2) is 0 Å². The van der Waals surface area contributed by atoms with Gasteiger partial charge < -0.3 is 14.4 Å². The predicted molar refractivity (Wildman–Crippen MR) is 115 cm³/mol. The van der Waals surface area contributed by atoms with Crippen LogP contribution < -0.4 is 9.47 Å². The number of benzene rings is 2. The molecule has 0 aliphatic carbocycles. The van der Waals surface area contributed by atoms with Crippen LogP contribution in [0.4, 0.5) is 0 Å². The summed E-state index contributed by atoms with van der Waals surface area (Å²) in [5, 5.41) is 0. The molecule has 0 saturated carbocycles. The monoisotopic (exact) mass is 445 g/mol. The fraction of sp³-hybridized carbons (Fsp3) is 0.435. The maximum atomic E-state index is 13.1. The molecule has 150 valence electrons. The Bertz CT molecular complexity index is 791. The summed E-state index contributed by atoms with van der Waals surface area (Å²) >= 11 is 3.52.